The number of rotatable bonds is 7. The monoisotopic (exact) mass is 539 g/mol. The Hall–Kier alpha value is -5.33. The molecule has 5 rings (SSSR count). The molecule has 0 saturated heterocycles. The highest BCUT2D eigenvalue weighted by atomic mass is 19.4. The first-order valence-electron chi connectivity index (χ1n) is 11.2. The van der Waals surface area contributed by atoms with Gasteiger partial charge < -0.3 is 24.8 Å². The Bertz CT molecular complexity index is 1630. The molecule has 0 saturated carbocycles. The number of alkyl halides is 3. The lowest BCUT2D eigenvalue weighted by molar-refractivity contribution is -0.137. The van der Waals surface area contributed by atoms with Crippen molar-refractivity contribution in [3.8, 4) is 11.5 Å². The number of urea groups is 1. The van der Waals surface area contributed by atoms with E-state index in [-0.39, 0.29) is 11.6 Å². The summed E-state index contributed by atoms with van der Waals surface area (Å²) < 4.78 is 63.6. The number of halogens is 4. The predicted molar refractivity (Wildman–Crippen MR) is 134 cm³/mol. The summed E-state index contributed by atoms with van der Waals surface area (Å²) in [5.74, 6) is 0.385. The minimum absolute atomic E-state index is 0.255. The average Bonchev–Trinajstić information content (AvgIpc) is 3.57. The maximum absolute atomic E-state index is 13.9. The zero-order chi connectivity index (χ0) is 27.6. The van der Waals surface area contributed by atoms with Gasteiger partial charge in [-0.1, -0.05) is 0 Å². The van der Waals surface area contributed by atoms with Crippen molar-refractivity contribution in [3.63, 3.8) is 0 Å². The van der Waals surface area contributed by atoms with Crippen LogP contribution in [0, 0.1) is 5.82 Å². The number of ether oxygens (including phenoxy) is 1. The van der Waals surface area contributed by atoms with Gasteiger partial charge in [-0.2, -0.15) is 13.2 Å². The number of hydrogen-bond donors (Lipinski definition) is 3. The first kappa shape index (κ1) is 25.3. The quantitative estimate of drug-likeness (QED) is 0.152. The molecule has 0 bridgehead atoms. The highest BCUT2D eigenvalue weighted by molar-refractivity contribution is 6.00. The van der Waals surface area contributed by atoms with E-state index in [1.165, 1.54) is 23.3 Å². The number of aromatic nitrogens is 2. The van der Waals surface area contributed by atoms with Crippen LogP contribution in [0.2, 0.25) is 0 Å². The Morgan fingerprint density at radius 2 is 1.77 bits per heavy atom. The second-order valence-electron chi connectivity index (χ2n) is 8.06. The van der Waals surface area contributed by atoms with Crippen LogP contribution in [-0.4, -0.2) is 22.4 Å². The average molecular weight is 539 g/mol. The smallest absolute Gasteiger partial charge is 0.416 e. The Labute approximate surface area is 217 Å². The third kappa shape index (κ3) is 5.66. The molecule has 0 aliphatic carbocycles. The molecule has 0 aliphatic heterocycles. The van der Waals surface area contributed by atoms with Crippen LogP contribution < -0.4 is 20.3 Å². The van der Waals surface area contributed by atoms with E-state index in [0.29, 0.717) is 53.0 Å². The number of fused-ring (bicyclic) bond motifs is 1. The Balaban J connectivity index is 1.24. The van der Waals surface area contributed by atoms with Gasteiger partial charge >= 0.3 is 12.2 Å². The van der Waals surface area contributed by atoms with E-state index in [4.69, 9.17) is 9.15 Å². The molecular formula is C26H17F4N5O4. The summed E-state index contributed by atoms with van der Waals surface area (Å²) in [6.07, 6.45) is -2.68. The minimum atomic E-state index is -4.68. The summed E-state index contributed by atoms with van der Waals surface area (Å²) >= 11 is 0. The van der Waals surface area contributed by atoms with Gasteiger partial charge in [0.2, 0.25) is 18.2 Å². The Morgan fingerprint density at radius 1 is 1.00 bits per heavy atom. The van der Waals surface area contributed by atoms with Crippen LogP contribution in [0.4, 0.5) is 45.6 Å². The van der Waals surface area contributed by atoms with Crippen LogP contribution in [-0.2, 0) is 11.0 Å². The van der Waals surface area contributed by atoms with Crippen LogP contribution in [0.25, 0.3) is 11.0 Å². The highest BCUT2D eigenvalue weighted by Crippen LogP contribution is 2.32. The van der Waals surface area contributed by atoms with Crippen molar-refractivity contribution < 1.29 is 36.3 Å². The number of hydrogen-bond acceptors (Lipinski definition) is 5. The van der Waals surface area contributed by atoms with E-state index in [0.717, 1.165) is 0 Å². The maximum Gasteiger partial charge on any atom is 0.416 e. The van der Waals surface area contributed by atoms with Crippen LogP contribution in [0.3, 0.4) is 0 Å². The normalized spacial score (nSPS) is 11.3. The standard InChI is InChI=1S/C26H17F4N5O4/c27-19-9-3-15(26(28,29)30)12-21(19)34-25(37)31-16-4-6-17(7-5-16)39-18-8-10-20-22(13-18)33-24(32-20)35(14-36)23-2-1-11-38-23/h1-14H,(H,32,33)(H2,31,34,37). The molecule has 0 radical (unpaired) electrons. The van der Waals surface area contributed by atoms with Crippen molar-refractivity contribution in [1.29, 1.82) is 0 Å². The van der Waals surface area contributed by atoms with Crippen LogP contribution in [0.1, 0.15) is 5.56 Å². The van der Waals surface area contributed by atoms with Gasteiger partial charge in [-0.25, -0.2) is 19.1 Å². The molecular weight excluding hydrogens is 522 g/mol. The molecule has 3 N–H and O–H groups in total. The molecule has 0 spiro atoms. The molecule has 13 heteroatoms. The van der Waals surface area contributed by atoms with Crippen molar-refractivity contribution in [2.75, 3.05) is 15.5 Å². The van der Waals surface area contributed by atoms with Crippen molar-refractivity contribution in [2.45, 2.75) is 6.18 Å². The number of amides is 3. The number of benzene rings is 3. The molecule has 9 nitrogen and oxygen atoms in total. The van der Waals surface area contributed by atoms with E-state index >= 15 is 0 Å². The summed E-state index contributed by atoms with van der Waals surface area (Å²) in [6.45, 7) is 0. The molecule has 3 amide bonds. The van der Waals surface area contributed by atoms with Crippen LogP contribution >= 0.6 is 0 Å². The second kappa shape index (κ2) is 10.2. The molecule has 39 heavy (non-hydrogen) atoms. The fourth-order valence-corrected chi connectivity index (χ4v) is 3.59. The number of H-pyrrole nitrogens is 1. The maximum atomic E-state index is 13.9. The van der Waals surface area contributed by atoms with E-state index < -0.39 is 29.3 Å². The molecule has 0 aliphatic rings. The van der Waals surface area contributed by atoms with Crippen molar-refractivity contribution in [3.05, 3.63) is 90.4 Å². The van der Waals surface area contributed by atoms with E-state index in [1.807, 2.05) is 0 Å². The van der Waals surface area contributed by atoms with E-state index in [2.05, 4.69) is 20.6 Å². The third-order valence-electron chi connectivity index (χ3n) is 5.41. The van der Waals surface area contributed by atoms with E-state index in [1.54, 1.807) is 42.5 Å². The Kier molecular flexibility index (Phi) is 6.63. The number of furan rings is 1. The minimum Gasteiger partial charge on any atom is -0.457 e. The van der Waals surface area contributed by atoms with Gasteiger partial charge in [0.25, 0.3) is 0 Å². The van der Waals surface area contributed by atoms with Crippen molar-refractivity contribution in [1.82, 2.24) is 9.97 Å². The summed E-state index contributed by atoms with van der Waals surface area (Å²) in [5, 5.41) is 4.48. The van der Waals surface area contributed by atoms with Crippen molar-refractivity contribution in [2.24, 2.45) is 0 Å². The molecule has 2 heterocycles. The summed E-state index contributed by atoms with van der Waals surface area (Å²) in [7, 11) is 0. The number of anilines is 4. The molecule has 0 fully saturated rings. The first-order chi connectivity index (χ1) is 18.7. The van der Waals surface area contributed by atoms with Crippen LogP contribution in [0.5, 0.6) is 11.5 Å². The zero-order valence-electron chi connectivity index (χ0n) is 19.6. The third-order valence-corrected chi connectivity index (χ3v) is 5.41. The largest absolute Gasteiger partial charge is 0.457 e. The van der Waals surface area contributed by atoms with Gasteiger partial charge in [0, 0.05) is 17.8 Å². The molecule has 0 unspecified atom stereocenters. The fraction of sp³-hybridized carbons (Fsp3) is 0.0385. The second-order valence-corrected chi connectivity index (χ2v) is 8.06. The van der Waals surface area contributed by atoms with Crippen molar-refractivity contribution >= 4 is 46.7 Å². The highest BCUT2D eigenvalue weighted by Gasteiger charge is 2.31. The number of aromatic amines is 1. The van der Waals surface area contributed by atoms with Crippen LogP contribution in [0.15, 0.2) is 83.5 Å². The summed E-state index contributed by atoms with van der Waals surface area (Å²) in [5.41, 5.74) is -0.245. The summed E-state index contributed by atoms with van der Waals surface area (Å²) in [6, 6.07) is 15.2. The SMILES string of the molecule is O=CN(c1nc2cc(Oc3ccc(NC(=O)Nc4cc(C(F)(F)F)ccc4F)cc3)ccc2[nH]1)c1ccco1. The van der Waals surface area contributed by atoms with Gasteiger partial charge in [0.1, 0.15) is 17.3 Å². The Morgan fingerprint density at radius 3 is 2.46 bits per heavy atom. The number of carbonyl (C=O) groups excluding carboxylic acids is 2. The van der Waals surface area contributed by atoms with Gasteiger partial charge in [-0.3, -0.25) is 4.79 Å². The van der Waals surface area contributed by atoms with Gasteiger partial charge in [-0.15, -0.1) is 0 Å². The summed E-state index contributed by atoms with van der Waals surface area (Å²) in [4.78, 5) is 32.4. The number of nitrogens with zero attached hydrogens (tertiary/aromatic N) is 2. The van der Waals surface area contributed by atoms with Gasteiger partial charge in [-0.05, 0) is 60.7 Å². The molecule has 0 atom stereocenters. The number of carbonyl (C=O) groups is 2. The lowest BCUT2D eigenvalue weighted by atomic mass is 10.2. The first-order valence-corrected chi connectivity index (χ1v) is 11.2. The molecule has 2 aromatic heterocycles. The lowest BCUT2D eigenvalue weighted by Crippen LogP contribution is -2.20. The molecule has 198 valence electrons. The topological polar surface area (TPSA) is 112 Å². The number of imidazole rings is 1. The zero-order valence-corrected chi connectivity index (χ0v) is 19.6. The predicted octanol–water partition coefficient (Wildman–Crippen LogP) is 7.04. The number of nitrogens with one attached hydrogen (secondary N) is 3. The molecule has 5 aromatic rings. The van der Waals surface area contributed by atoms with Gasteiger partial charge in [0.05, 0.1) is 28.5 Å². The fourth-order valence-electron chi connectivity index (χ4n) is 3.59. The van der Waals surface area contributed by atoms with Gasteiger partial charge in [0.15, 0.2) is 0 Å². The lowest BCUT2D eigenvalue weighted by Gasteiger charge is -2.12. The van der Waals surface area contributed by atoms with E-state index in [9.17, 15) is 27.2 Å². The molecule has 3 aromatic carbocycles.